The van der Waals surface area contributed by atoms with Gasteiger partial charge in [0.2, 0.25) is 0 Å². The first kappa shape index (κ1) is 14.6. The SMILES string of the molecule is C#C[Si](C)(/C=C/[Si](OC)(OC)OC)OC. The van der Waals surface area contributed by atoms with Crippen LogP contribution in [0.2, 0.25) is 6.55 Å². The second kappa shape index (κ2) is 6.22. The Morgan fingerprint density at radius 2 is 1.40 bits per heavy atom. The summed E-state index contributed by atoms with van der Waals surface area (Å²) in [6.45, 7) is 1.91. The lowest BCUT2D eigenvalue weighted by Gasteiger charge is -2.22. The molecule has 86 valence electrons. The zero-order valence-electron chi connectivity index (χ0n) is 9.87. The van der Waals surface area contributed by atoms with E-state index in [0.29, 0.717) is 0 Å². The molecule has 0 fully saturated rings. The molecule has 0 aliphatic carbocycles. The highest BCUT2D eigenvalue weighted by Crippen LogP contribution is 2.11. The van der Waals surface area contributed by atoms with Crippen molar-refractivity contribution in [3.8, 4) is 12.0 Å². The molecule has 6 heteroatoms. The first-order valence-corrected chi connectivity index (χ1v) is 8.69. The number of hydrogen-bond donors (Lipinski definition) is 0. The molecule has 0 aromatic rings. The minimum absolute atomic E-state index is 1.55. The highest BCUT2D eigenvalue weighted by molar-refractivity contribution is 6.86. The van der Waals surface area contributed by atoms with Crippen LogP contribution in [-0.2, 0) is 17.7 Å². The fourth-order valence-corrected chi connectivity index (χ4v) is 4.24. The molecule has 0 aromatic carbocycles. The summed E-state index contributed by atoms with van der Waals surface area (Å²) in [6.07, 6.45) is 5.40. The van der Waals surface area contributed by atoms with Gasteiger partial charge in [0, 0.05) is 28.4 Å². The van der Waals surface area contributed by atoms with Crippen LogP contribution >= 0.6 is 0 Å². The molecule has 0 spiro atoms. The Bertz CT molecular complexity index is 249. The second-order valence-electron chi connectivity index (χ2n) is 3.00. The van der Waals surface area contributed by atoms with Crippen molar-refractivity contribution in [2.24, 2.45) is 0 Å². The molecule has 1 unspecified atom stereocenters. The standard InChI is InChI=1S/C9H18O4Si2/c1-7-14(6,10-2)8-9-15(11-3,12-4)13-5/h1,8-9H,2-6H3/b9-8+. The van der Waals surface area contributed by atoms with Gasteiger partial charge in [-0.3, -0.25) is 0 Å². The third kappa shape index (κ3) is 3.91. The molecular weight excluding hydrogens is 228 g/mol. The lowest BCUT2D eigenvalue weighted by molar-refractivity contribution is 0.138. The Hall–Kier alpha value is -0.426. The van der Waals surface area contributed by atoms with Gasteiger partial charge < -0.3 is 17.7 Å². The molecule has 1 atom stereocenters. The topological polar surface area (TPSA) is 36.9 Å². The van der Waals surface area contributed by atoms with Crippen LogP contribution < -0.4 is 0 Å². The van der Waals surface area contributed by atoms with Crippen molar-refractivity contribution in [1.82, 2.24) is 0 Å². The van der Waals surface area contributed by atoms with Gasteiger partial charge >= 0.3 is 8.80 Å². The fourth-order valence-electron chi connectivity index (χ4n) is 0.890. The van der Waals surface area contributed by atoms with E-state index in [1.165, 1.54) is 0 Å². The van der Waals surface area contributed by atoms with Crippen LogP contribution in [-0.4, -0.2) is 45.6 Å². The predicted octanol–water partition coefficient (Wildman–Crippen LogP) is 0.893. The number of hydrogen-bond acceptors (Lipinski definition) is 4. The molecule has 0 rings (SSSR count). The van der Waals surface area contributed by atoms with E-state index < -0.39 is 17.1 Å². The van der Waals surface area contributed by atoms with E-state index in [4.69, 9.17) is 24.1 Å². The van der Waals surface area contributed by atoms with Crippen LogP contribution in [0.3, 0.4) is 0 Å². The van der Waals surface area contributed by atoms with Crippen LogP contribution in [0.1, 0.15) is 0 Å². The average Bonchev–Trinajstić information content (AvgIpc) is 2.31. The normalized spacial score (nSPS) is 16.3. The van der Waals surface area contributed by atoms with Crippen molar-refractivity contribution in [3.63, 3.8) is 0 Å². The van der Waals surface area contributed by atoms with E-state index in [1.807, 2.05) is 12.2 Å². The first-order chi connectivity index (χ1) is 7.01. The predicted molar refractivity (Wildman–Crippen MR) is 63.4 cm³/mol. The Morgan fingerprint density at radius 3 is 1.67 bits per heavy atom. The molecule has 0 heterocycles. The van der Waals surface area contributed by atoms with E-state index in [0.717, 1.165) is 0 Å². The Kier molecular flexibility index (Phi) is 6.04. The third-order valence-electron chi connectivity index (χ3n) is 2.17. The van der Waals surface area contributed by atoms with Gasteiger partial charge in [-0.1, -0.05) is 11.2 Å². The summed E-state index contributed by atoms with van der Waals surface area (Å²) >= 11 is 0. The van der Waals surface area contributed by atoms with Gasteiger partial charge in [0.15, 0.2) is 0 Å². The summed E-state index contributed by atoms with van der Waals surface area (Å²) < 4.78 is 21.0. The van der Waals surface area contributed by atoms with Gasteiger partial charge in [-0.2, -0.15) is 0 Å². The van der Waals surface area contributed by atoms with Gasteiger partial charge in [-0.15, -0.1) is 6.42 Å². The second-order valence-corrected chi connectivity index (χ2v) is 9.01. The highest BCUT2D eigenvalue weighted by atomic mass is 28.4. The largest absolute Gasteiger partial charge is 0.528 e. The van der Waals surface area contributed by atoms with E-state index in [1.54, 1.807) is 34.1 Å². The van der Waals surface area contributed by atoms with E-state index in [2.05, 4.69) is 5.54 Å². The minimum Gasteiger partial charge on any atom is -0.406 e. The van der Waals surface area contributed by atoms with Crippen molar-refractivity contribution in [3.05, 3.63) is 11.4 Å². The molecule has 0 aliphatic rings. The molecule has 0 bridgehead atoms. The maximum atomic E-state index is 5.40. The summed E-state index contributed by atoms with van der Waals surface area (Å²) in [6, 6.07) is 0. The van der Waals surface area contributed by atoms with Crippen LogP contribution in [0.25, 0.3) is 0 Å². The number of rotatable bonds is 6. The smallest absolute Gasteiger partial charge is 0.406 e. The molecule has 0 N–H and O–H groups in total. The fraction of sp³-hybridized carbons (Fsp3) is 0.556. The van der Waals surface area contributed by atoms with Crippen molar-refractivity contribution >= 4 is 17.1 Å². The summed E-state index contributed by atoms with van der Waals surface area (Å²) in [7, 11) is 1.35. The van der Waals surface area contributed by atoms with E-state index in [-0.39, 0.29) is 0 Å². The van der Waals surface area contributed by atoms with Crippen molar-refractivity contribution < 1.29 is 17.7 Å². The highest BCUT2D eigenvalue weighted by Gasteiger charge is 2.36. The summed E-state index contributed by atoms with van der Waals surface area (Å²) in [4.78, 5) is 0. The molecule has 15 heavy (non-hydrogen) atoms. The Morgan fingerprint density at radius 1 is 0.933 bits per heavy atom. The van der Waals surface area contributed by atoms with Gasteiger partial charge in [0.25, 0.3) is 8.32 Å². The minimum atomic E-state index is -2.68. The molecular formula is C9H18O4Si2. The molecule has 0 amide bonds. The van der Waals surface area contributed by atoms with Gasteiger partial charge in [-0.05, 0) is 12.2 Å². The van der Waals surface area contributed by atoms with E-state index >= 15 is 0 Å². The number of terminal acetylenes is 1. The van der Waals surface area contributed by atoms with Crippen molar-refractivity contribution in [2.45, 2.75) is 6.55 Å². The van der Waals surface area contributed by atoms with Gasteiger partial charge in [-0.25, -0.2) is 0 Å². The lowest BCUT2D eigenvalue weighted by Crippen LogP contribution is -2.42. The van der Waals surface area contributed by atoms with Crippen LogP contribution in [0.4, 0.5) is 0 Å². The molecule has 0 saturated carbocycles. The lowest BCUT2D eigenvalue weighted by atomic mass is 11.2. The first-order valence-electron chi connectivity index (χ1n) is 4.40. The van der Waals surface area contributed by atoms with Crippen LogP contribution in [0, 0.1) is 12.0 Å². The van der Waals surface area contributed by atoms with Gasteiger partial charge in [0.1, 0.15) is 0 Å². The molecule has 0 aliphatic heterocycles. The molecule has 4 nitrogen and oxygen atoms in total. The maximum absolute atomic E-state index is 5.40. The van der Waals surface area contributed by atoms with Crippen LogP contribution in [0.15, 0.2) is 11.4 Å². The van der Waals surface area contributed by atoms with Crippen LogP contribution in [0.5, 0.6) is 0 Å². The Labute approximate surface area is 93.7 Å². The zero-order valence-corrected chi connectivity index (χ0v) is 11.9. The molecule has 0 radical (unpaired) electrons. The third-order valence-corrected chi connectivity index (χ3v) is 7.01. The van der Waals surface area contributed by atoms with E-state index in [9.17, 15) is 0 Å². The van der Waals surface area contributed by atoms with Crippen molar-refractivity contribution in [2.75, 3.05) is 28.4 Å². The molecule has 0 aromatic heterocycles. The van der Waals surface area contributed by atoms with Gasteiger partial charge in [0.05, 0.1) is 0 Å². The summed E-state index contributed by atoms with van der Waals surface area (Å²) in [5.41, 5.74) is 6.27. The average molecular weight is 246 g/mol. The van der Waals surface area contributed by atoms with Crippen molar-refractivity contribution in [1.29, 1.82) is 0 Å². The molecule has 0 saturated heterocycles. The maximum Gasteiger partial charge on any atom is 0.528 e. The summed E-state index contributed by atoms with van der Waals surface area (Å²) in [5, 5.41) is 0. The zero-order chi connectivity index (χ0) is 11.9. The Balaban J connectivity index is 4.82. The monoisotopic (exact) mass is 246 g/mol. The quantitative estimate of drug-likeness (QED) is 0.515. The summed E-state index contributed by atoms with van der Waals surface area (Å²) in [5.74, 6) is 0.